The third-order valence-corrected chi connectivity index (χ3v) is 11.9. The zero-order chi connectivity index (χ0) is 31.2. The van der Waals surface area contributed by atoms with Crippen LogP contribution in [0.15, 0.2) is 66.6 Å². The van der Waals surface area contributed by atoms with Gasteiger partial charge < -0.3 is 9.47 Å². The molecule has 2 aromatic heterocycles. The highest BCUT2D eigenvalue weighted by molar-refractivity contribution is 7.91. The Morgan fingerprint density at radius 1 is 1.19 bits per heavy atom. The van der Waals surface area contributed by atoms with Gasteiger partial charge in [-0.1, -0.05) is 31.8 Å². The largest absolute Gasteiger partial charge is 0.497 e. The van der Waals surface area contributed by atoms with Gasteiger partial charge >= 0.3 is 0 Å². The summed E-state index contributed by atoms with van der Waals surface area (Å²) < 4.78 is 41.3. The highest BCUT2D eigenvalue weighted by Crippen LogP contribution is 2.35. The van der Waals surface area contributed by atoms with E-state index in [-0.39, 0.29) is 24.8 Å². The second-order valence-corrected chi connectivity index (χ2v) is 20.2. The second-order valence-electron chi connectivity index (χ2n) is 12.3. The van der Waals surface area contributed by atoms with Crippen molar-refractivity contribution in [2.75, 3.05) is 13.7 Å². The number of carbonyl (C=O) groups is 1. The Hall–Kier alpha value is -3.98. The molecule has 0 saturated carbocycles. The first-order chi connectivity index (χ1) is 20.3. The first-order valence-corrected chi connectivity index (χ1v) is 19.3. The quantitative estimate of drug-likeness (QED) is 0.119. The van der Waals surface area contributed by atoms with Gasteiger partial charge in [0, 0.05) is 31.8 Å². The van der Waals surface area contributed by atoms with Gasteiger partial charge in [-0.2, -0.15) is 5.26 Å². The lowest BCUT2D eigenvalue weighted by atomic mass is 10.0. The van der Waals surface area contributed by atoms with Gasteiger partial charge in [0.2, 0.25) is 15.8 Å². The van der Waals surface area contributed by atoms with E-state index in [1.165, 1.54) is 17.3 Å². The molecule has 4 aromatic rings. The van der Waals surface area contributed by atoms with E-state index in [9.17, 15) is 18.5 Å². The second kappa shape index (κ2) is 11.3. The number of fused-ring (bicyclic) bond motifs is 2. The molecular formula is C32H36N4O5SSi. The average molecular weight is 617 g/mol. The minimum atomic E-state index is -3.95. The number of aromatic nitrogens is 3. The molecule has 0 N–H and O–H groups in total. The Labute approximate surface area is 253 Å². The van der Waals surface area contributed by atoms with Crippen LogP contribution < -0.4 is 0 Å². The number of methoxy groups -OCH3 is 1. The molecule has 0 bridgehead atoms. The number of hydrogen-bond acceptors (Lipinski definition) is 7. The van der Waals surface area contributed by atoms with Gasteiger partial charge in [0.1, 0.15) is 17.2 Å². The number of aryl methyl sites for hydroxylation is 1. The van der Waals surface area contributed by atoms with Crippen molar-refractivity contribution in [3.05, 3.63) is 89.1 Å². The number of nitrogens with zero attached hydrogens (tertiary/aromatic N) is 4. The number of benzene rings is 2. The van der Waals surface area contributed by atoms with Crippen molar-refractivity contribution in [3.8, 4) is 6.07 Å². The van der Waals surface area contributed by atoms with E-state index in [0.29, 0.717) is 51.0 Å². The Bertz CT molecular complexity index is 1960. The molecule has 0 saturated heterocycles. The average Bonchev–Trinajstić information content (AvgIpc) is 3.57. The third-order valence-electron chi connectivity index (χ3n) is 7.89. The summed E-state index contributed by atoms with van der Waals surface area (Å²) in [5.74, 6) is 0.278. The first kappa shape index (κ1) is 30.5. The number of imidazole rings is 1. The molecule has 5 rings (SSSR count). The topological polar surface area (TPSA) is 116 Å². The summed E-state index contributed by atoms with van der Waals surface area (Å²) in [5.41, 5.74) is 3.13. The zero-order valence-electron chi connectivity index (χ0n) is 25.3. The summed E-state index contributed by atoms with van der Waals surface area (Å²) in [6.45, 7) is 10.9. The number of hydrogen-bond donors (Lipinski definition) is 0. The van der Waals surface area contributed by atoms with Gasteiger partial charge in [0.05, 0.1) is 35.3 Å². The Morgan fingerprint density at radius 2 is 1.95 bits per heavy atom. The molecule has 1 atom stereocenters. The normalized spacial score (nSPS) is 17.3. The van der Waals surface area contributed by atoms with Crippen LogP contribution in [-0.2, 0) is 26.2 Å². The molecular weight excluding hydrogens is 581 g/mol. The van der Waals surface area contributed by atoms with Gasteiger partial charge in [-0.25, -0.2) is 17.4 Å². The van der Waals surface area contributed by atoms with E-state index in [2.05, 4.69) is 30.7 Å². The molecule has 9 nitrogen and oxygen atoms in total. The maximum atomic E-state index is 14.2. The maximum Gasteiger partial charge on any atom is 0.248 e. The summed E-state index contributed by atoms with van der Waals surface area (Å²) in [7, 11) is -3.78. The van der Waals surface area contributed by atoms with Crippen molar-refractivity contribution in [2.24, 2.45) is 0 Å². The molecule has 0 aliphatic heterocycles. The molecule has 1 aliphatic rings. The number of nitriles is 1. The van der Waals surface area contributed by atoms with Crippen molar-refractivity contribution >= 4 is 45.8 Å². The maximum absolute atomic E-state index is 14.2. The third kappa shape index (κ3) is 5.58. The van der Waals surface area contributed by atoms with E-state index in [0.717, 1.165) is 6.04 Å². The van der Waals surface area contributed by atoms with Crippen LogP contribution in [0.5, 0.6) is 0 Å². The van der Waals surface area contributed by atoms with Crippen molar-refractivity contribution in [2.45, 2.75) is 57.4 Å². The van der Waals surface area contributed by atoms with Crippen LogP contribution in [0, 0.1) is 18.3 Å². The minimum absolute atomic E-state index is 0.0986. The van der Waals surface area contributed by atoms with E-state index in [1.807, 2.05) is 6.92 Å². The summed E-state index contributed by atoms with van der Waals surface area (Å²) in [5, 5.41) is 10.0. The van der Waals surface area contributed by atoms with Crippen LogP contribution in [0.25, 0.3) is 21.9 Å². The van der Waals surface area contributed by atoms with Crippen LogP contribution in [0.4, 0.5) is 0 Å². The molecule has 11 heteroatoms. The fraction of sp³-hybridized carbons (Fsp3) is 0.344. The SMILES string of the molecule is COC1=CC(C)(S(=O)(=O)n2ccc3c(C(=O)c4nc5ccc(C#N)cc5n4COCC[Si](C)(C)C)ccc(C)c32)CC=C1. The molecule has 2 aromatic carbocycles. The molecule has 0 fully saturated rings. The predicted molar refractivity (Wildman–Crippen MR) is 170 cm³/mol. The highest BCUT2D eigenvalue weighted by Gasteiger charge is 2.40. The van der Waals surface area contributed by atoms with E-state index < -0.39 is 22.8 Å². The fourth-order valence-corrected chi connectivity index (χ4v) is 7.77. The van der Waals surface area contributed by atoms with Gasteiger partial charge in [-0.05, 0) is 74.4 Å². The van der Waals surface area contributed by atoms with Crippen molar-refractivity contribution in [1.29, 1.82) is 5.26 Å². The van der Waals surface area contributed by atoms with E-state index in [1.54, 1.807) is 66.1 Å². The van der Waals surface area contributed by atoms with Crippen molar-refractivity contribution in [1.82, 2.24) is 13.5 Å². The van der Waals surface area contributed by atoms with Gasteiger partial charge in [-0.3, -0.25) is 9.36 Å². The number of rotatable bonds is 10. The summed E-state index contributed by atoms with van der Waals surface area (Å²) in [6.07, 6.45) is 6.96. The van der Waals surface area contributed by atoms with Gasteiger partial charge in [0.25, 0.3) is 0 Å². The highest BCUT2D eigenvalue weighted by atomic mass is 32.2. The molecule has 224 valence electrons. The first-order valence-electron chi connectivity index (χ1n) is 14.1. The van der Waals surface area contributed by atoms with Gasteiger partial charge in [-0.15, -0.1) is 0 Å². The molecule has 0 amide bonds. The molecule has 43 heavy (non-hydrogen) atoms. The Morgan fingerprint density at radius 3 is 2.65 bits per heavy atom. The number of ether oxygens (including phenoxy) is 2. The molecule has 0 spiro atoms. The van der Waals surface area contributed by atoms with Crippen molar-refractivity contribution < 1.29 is 22.7 Å². The predicted octanol–water partition coefficient (Wildman–Crippen LogP) is 6.14. The lowest BCUT2D eigenvalue weighted by Gasteiger charge is -2.28. The lowest BCUT2D eigenvalue weighted by molar-refractivity contribution is 0.0835. The van der Waals surface area contributed by atoms with Crippen LogP contribution >= 0.6 is 0 Å². The summed E-state index contributed by atoms with van der Waals surface area (Å²) >= 11 is 0. The smallest absolute Gasteiger partial charge is 0.248 e. The standard InChI is InChI=1S/C32H36N4O5SSi/c1-22-9-11-26(25-13-15-36(29(22)25)42(38,39)32(2)14-7-8-24(19-32)40-3)30(37)31-34-27-12-10-23(20-33)18-28(27)35(31)21-41-16-17-43(4,5)6/h7-13,15,18-19H,14,16-17,21H2,1-6H3. The number of ketones is 1. The van der Waals surface area contributed by atoms with Gasteiger partial charge in [0.15, 0.2) is 5.82 Å². The zero-order valence-corrected chi connectivity index (χ0v) is 27.2. The molecule has 2 heterocycles. The summed E-state index contributed by atoms with van der Waals surface area (Å²) in [6, 6.07) is 13.3. The molecule has 1 unspecified atom stereocenters. The lowest BCUT2D eigenvalue weighted by Crippen LogP contribution is -2.38. The van der Waals surface area contributed by atoms with Crippen LogP contribution in [-0.4, -0.2) is 54.3 Å². The van der Waals surface area contributed by atoms with Crippen LogP contribution in [0.3, 0.4) is 0 Å². The number of carbonyl (C=O) groups excluding carboxylic acids is 1. The summed E-state index contributed by atoms with van der Waals surface area (Å²) in [4.78, 5) is 18.9. The minimum Gasteiger partial charge on any atom is -0.497 e. The van der Waals surface area contributed by atoms with E-state index >= 15 is 0 Å². The Kier molecular flexibility index (Phi) is 7.98. The monoisotopic (exact) mass is 616 g/mol. The molecule has 1 aliphatic carbocycles. The van der Waals surface area contributed by atoms with Crippen LogP contribution in [0.1, 0.15) is 40.7 Å². The van der Waals surface area contributed by atoms with E-state index in [4.69, 9.17) is 9.47 Å². The Balaban J connectivity index is 1.60. The van der Waals surface area contributed by atoms with Crippen LogP contribution in [0.2, 0.25) is 25.7 Å². The fourth-order valence-electron chi connectivity index (χ4n) is 5.29. The molecule has 0 radical (unpaired) electrons. The number of allylic oxidation sites excluding steroid dienone is 2. The van der Waals surface area contributed by atoms with Crippen molar-refractivity contribution in [3.63, 3.8) is 0 Å².